The lowest BCUT2D eigenvalue weighted by Gasteiger charge is -2.27. The summed E-state index contributed by atoms with van der Waals surface area (Å²) in [5, 5.41) is 6.26. The Morgan fingerprint density at radius 1 is 1.21 bits per heavy atom. The first-order chi connectivity index (χ1) is 13.5. The minimum absolute atomic E-state index is 0.121. The number of hydrogen-bond acceptors (Lipinski definition) is 3. The van der Waals surface area contributed by atoms with E-state index in [-0.39, 0.29) is 24.4 Å². The summed E-state index contributed by atoms with van der Waals surface area (Å²) in [5.74, 6) is 0.739. The molecule has 2 N–H and O–H groups in total. The summed E-state index contributed by atoms with van der Waals surface area (Å²) in [6.45, 7) is 2.21. The molecule has 0 aromatic heterocycles. The Bertz CT molecular complexity index is 873. The molecule has 5 nitrogen and oxygen atoms in total. The third kappa shape index (κ3) is 3.99. The molecule has 4 rings (SSSR count). The van der Waals surface area contributed by atoms with Gasteiger partial charge in [-0.2, -0.15) is 0 Å². The van der Waals surface area contributed by atoms with Gasteiger partial charge < -0.3 is 15.4 Å². The molecule has 6 heteroatoms. The Balaban J connectivity index is 1.53. The summed E-state index contributed by atoms with van der Waals surface area (Å²) in [7, 11) is 0. The first-order valence-corrected chi connectivity index (χ1v) is 9.96. The van der Waals surface area contributed by atoms with Gasteiger partial charge in [0.1, 0.15) is 0 Å². The fourth-order valence-corrected chi connectivity index (χ4v) is 4.46. The van der Waals surface area contributed by atoms with E-state index in [1.54, 1.807) is 0 Å². The maximum absolute atomic E-state index is 12.5. The van der Waals surface area contributed by atoms with Gasteiger partial charge in [0, 0.05) is 17.0 Å². The number of cyclic esters (lactones) is 1. The van der Waals surface area contributed by atoms with Crippen LogP contribution in [0.2, 0.25) is 5.02 Å². The molecule has 1 heterocycles. The summed E-state index contributed by atoms with van der Waals surface area (Å²) >= 11 is 6.24. The van der Waals surface area contributed by atoms with Crippen molar-refractivity contribution in [1.29, 1.82) is 0 Å². The van der Waals surface area contributed by atoms with Crippen molar-refractivity contribution < 1.29 is 14.3 Å². The predicted octanol–water partition coefficient (Wildman–Crippen LogP) is 3.84. The van der Waals surface area contributed by atoms with Crippen molar-refractivity contribution in [2.24, 2.45) is 5.92 Å². The molecule has 0 radical (unpaired) electrons. The van der Waals surface area contributed by atoms with E-state index in [1.807, 2.05) is 31.2 Å². The summed E-state index contributed by atoms with van der Waals surface area (Å²) in [4.78, 5) is 23.8. The fraction of sp³-hybridized carbons (Fsp3) is 0.364. The molecule has 3 unspecified atom stereocenters. The first kappa shape index (κ1) is 18.8. The highest BCUT2D eigenvalue weighted by atomic mass is 35.5. The monoisotopic (exact) mass is 398 g/mol. The number of halogens is 1. The number of benzene rings is 2. The van der Waals surface area contributed by atoms with Crippen molar-refractivity contribution in [2.45, 2.75) is 37.3 Å². The second kappa shape index (κ2) is 7.84. The zero-order chi connectivity index (χ0) is 19.7. The normalized spacial score (nSPS) is 25.4. The van der Waals surface area contributed by atoms with Crippen LogP contribution in [0.1, 0.15) is 36.3 Å². The third-order valence-electron chi connectivity index (χ3n) is 5.64. The molecule has 0 bridgehead atoms. The molecule has 5 atom stereocenters. The van der Waals surface area contributed by atoms with Gasteiger partial charge in [-0.15, -0.1) is 0 Å². The molecule has 1 aliphatic heterocycles. The van der Waals surface area contributed by atoms with Crippen LogP contribution in [0.4, 0.5) is 4.79 Å². The van der Waals surface area contributed by atoms with Gasteiger partial charge in [0.05, 0.1) is 6.54 Å². The topological polar surface area (TPSA) is 67.4 Å². The molecule has 1 aliphatic carbocycles. The molecule has 2 aromatic carbocycles. The van der Waals surface area contributed by atoms with E-state index in [0.29, 0.717) is 16.9 Å². The van der Waals surface area contributed by atoms with Crippen LogP contribution < -0.4 is 10.6 Å². The van der Waals surface area contributed by atoms with Crippen molar-refractivity contribution in [3.8, 4) is 0 Å². The van der Waals surface area contributed by atoms with Gasteiger partial charge in [0.25, 0.3) is 5.91 Å². The summed E-state index contributed by atoms with van der Waals surface area (Å²) in [6, 6.07) is 18.2. The maximum Gasteiger partial charge on any atom is 0.408 e. The number of carbonyl (C=O) groups is 2. The molecule has 146 valence electrons. The van der Waals surface area contributed by atoms with Crippen LogP contribution >= 0.6 is 11.6 Å². The molecule has 0 spiro atoms. The van der Waals surface area contributed by atoms with Crippen LogP contribution in [0.25, 0.3) is 0 Å². The summed E-state index contributed by atoms with van der Waals surface area (Å²) in [6.07, 6.45) is -0.258. The Labute approximate surface area is 169 Å². The molecule has 2 aromatic rings. The van der Waals surface area contributed by atoms with Gasteiger partial charge in [-0.05, 0) is 48.4 Å². The number of nitrogens with one attached hydrogen (secondary N) is 2. The van der Waals surface area contributed by atoms with E-state index >= 15 is 0 Å². The smallest absolute Gasteiger partial charge is 0.408 e. The lowest BCUT2D eigenvalue weighted by Crippen LogP contribution is -2.44. The van der Waals surface area contributed by atoms with Crippen LogP contribution in [0.5, 0.6) is 0 Å². The minimum atomic E-state index is -0.779. The van der Waals surface area contributed by atoms with Gasteiger partial charge in [0.15, 0.2) is 6.10 Å². The van der Waals surface area contributed by atoms with E-state index in [2.05, 4.69) is 41.0 Å². The zero-order valence-electron chi connectivity index (χ0n) is 15.6. The second-order valence-corrected chi connectivity index (χ2v) is 8.01. The highest BCUT2D eigenvalue weighted by Crippen LogP contribution is 2.56. The maximum atomic E-state index is 12.5. The summed E-state index contributed by atoms with van der Waals surface area (Å²) in [5.41, 5.74) is 2.44. The van der Waals surface area contributed by atoms with Gasteiger partial charge in [-0.25, -0.2) is 4.79 Å². The average Bonchev–Trinajstić information content (AvgIpc) is 3.33. The van der Waals surface area contributed by atoms with Crippen molar-refractivity contribution in [1.82, 2.24) is 10.6 Å². The second-order valence-electron chi connectivity index (χ2n) is 7.57. The highest BCUT2D eigenvalue weighted by molar-refractivity contribution is 6.30. The Morgan fingerprint density at radius 3 is 2.68 bits per heavy atom. The lowest BCUT2D eigenvalue weighted by atomic mass is 9.86. The van der Waals surface area contributed by atoms with Gasteiger partial charge in [-0.1, -0.05) is 54.1 Å². The minimum Gasteiger partial charge on any atom is -0.434 e. The SMILES string of the molecule is C[C@@H](NC(=O)[C@@H]1CNC(=O)O1)C(c1cccc(Cl)c1)C1CC1c1ccccc1. The van der Waals surface area contributed by atoms with Crippen molar-refractivity contribution >= 4 is 23.6 Å². The Morgan fingerprint density at radius 2 is 2.00 bits per heavy atom. The van der Waals surface area contributed by atoms with E-state index < -0.39 is 12.2 Å². The van der Waals surface area contributed by atoms with Crippen LogP contribution in [-0.2, 0) is 9.53 Å². The zero-order valence-corrected chi connectivity index (χ0v) is 16.4. The molecule has 2 aliphatic rings. The Hall–Kier alpha value is -2.53. The Kier molecular flexibility index (Phi) is 5.27. The number of amides is 2. The van der Waals surface area contributed by atoms with Crippen LogP contribution in [0, 0.1) is 5.92 Å². The van der Waals surface area contributed by atoms with Crippen molar-refractivity contribution in [3.05, 3.63) is 70.7 Å². The van der Waals surface area contributed by atoms with Gasteiger partial charge in [-0.3, -0.25) is 4.79 Å². The fourth-order valence-electron chi connectivity index (χ4n) is 4.26. The van der Waals surface area contributed by atoms with E-state index in [0.717, 1.165) is 12.0 Å². The van der Waals surface area contributed by atoms with Gasteiger partial charge >= 0.3 is 6.09 Å². The standard InChI is InChI=1S/C22H23ClN2O3/c1-13(25-21(26)19-12-24-22(27)28-19)20(15-8-5-9-16(23)10-15)18-11-17(18)14-6-3-2-4-7-14/h2-10,13,17-20H,11-12H2,1H3,(H,24,27)(H,25,26)/t13-,17?,18?,19+,20?/m1/s1. The number of hydrogen-bond donors (Lipinski definition) is 2. The van der Waals surface area contributed by atoms with Gasteiger partial charge in [0.2, 0.25) is 0 Å². The third-order valence-corrected chi connectivity index (χ3v) is 5.88. The number of carbonyl (C=O) groups excluding carboxylic acids is 2. The van der Waals surface area contributed by atoms with E-state index in [9.17, 15) is 9.59 Å². The quantitative estimate of drug-likeness (QED) is 0.776. The number of ether oxygens (including phenoxy) is 1. The average molecular weight is 399 g/mol. The predicted molar refractivity (Wildman–Crippen MR) is 107 cm³/mol. The molecular formula is C22H23ClN2O3. The highest BCUT2D eigenvalue weighted by Gasteiger charge is 2.46. The molecule has 1 saturated heterocycles. The van der Waals surface area contributed by atoms with Crippen LogP contribution in [-0.4, -0.2) is 30.7 Å². The largest absolute Gasteiger partial charge is 0.434 e. The lowest BCUT2D eigenvalue weighted by molar-refractivity contribution is -0.128. The molecule has 2 fully saturated rings. The van der Waals surface area contributed by atoms with Crippen LogP contribution in [0.3, 0.4) is 0 Å². The molecule has 28 heavy (non-hydrogen) atoms. The van der Waals surface area contributed by atoms with E-state index in [1.165, 1.54) is 5.56 Å². The van der Waals surface area contributed by atoms with Crippen LogP contribution in [0.15, 0.2) is 54.6 Å². The number of rotatable bonds is 6. The van der Waals surface area contributed by atoms with E-state index in [4.69, 9.17) is 16.3 Å². The van der Waals surface area contributed by atoms with Crippen molar-refractivity contribution in [3.63, 3.8) is 0 Å². The molecular weight excluding hydrogens is 376 g/mol. The van der Waals surface area contributed by atoms with Crippen molar-refractivity contribution in [2.75, 3.05) is 6.54 Å². The molecule has 1 saturated carbocycles. The summed E-state index contributed by atoms with van der Waals surface area (Å²) < 4.78 is 5.01. The first-order valence-electron chi connectivity index (χ1n) is 9.58. The molecule has 2 amide bonds. The number of alkyl carbamates (subject to hydrolysis) is 1.